The molecule has 1 aliphatic heterocycles. The zero-order valence-electron chi connectivity index (χ0n) is 11.6. The first kappa shape index (κ1) is 13.8. The molecule has 2 heterocycles. The molecule has 108 valence electrons. The molecule has 2 amide bonds. The fourth-order valence-corrected chi connectivity index (χ4v) is 3.07. The predicted octanol–water partition coefficient (Wildman–Crippen LogP) is 2.35. The summed E-state index contributed by atoms with van der Waals surface area (Å²) in [5.74, 6) is 0.0984. The Morgan fingerprint density at radius 3 is 1.90 bits per heavy atom. The minimum absolute atomic E-state index is 0.0400. The van der Waals surface area contributed by atoms with E-state index in [1.165, 1.54) is 11.3 Å². The molecule has 0 N–H and O–H groups in total. The molecule has 0 saturated carbocycles. The van der Waals surface area contributed by atoms with Gasteiger partial charge in [-0.2, -0.15) is 11.3 Å². The van der Waals surface area contributed by atoms with Crippen LogP contribution in [-0.4, -0.2) is 47.8 Å². The van der Waals surface area contributed by atoms with Crippen molar-refractivity contribution in [3.63, 3.8) is 0 Å². The summed E-state index contributed by atoms with van der Waals surface area (Å²) in [6.07, 6.45) is 0. The van der Waals surface area contributed by atoms with Gasteiger partial charge in [0.15, 0.2) is 0 Å². The Labute approximate surface area is 127 Å². The van der Waals surface area contributed by atoms with Gasteiger partial charge in [-0.25, -0.2) is 0 Å². The second-order valence-corrected chi connectivity index (χ2v) is 5.74. The van der Waals surface area contributed by atoms with Gasteiger partial charge in [-0.3, -0.25) is 9.59 Å². The van der Waals surface area contributed by atoms with E-state index < -0.39 is 0 Å². The lowest BCUT2D eigenvalue weighted by molar-refractivity contribution is 0.0536. The van der Waals surface area contributed by atoms with Crippen LogP contribution in [0.5, 0.6) is 0 Å². The molecule has 1 aromatic heterocycles. The molecule has 0 atom stereocenters. The maximum absolute atomic E-state index is 12.3. The second kappa shape index (κ2) is 6.10. The molecule has 0 bridgehead atoms. The maximum atomic E-state index is 12.3. The van der Waals surface area contributed by atoms with E-state index in [9.17, 15) is 9.59 Å². The molecule has 0 radical (unpaired) electrons. The Kier molecular flexibility index (Phi) is 4.01. The van der Waals surface area contributed by atoms with Gasteiger partial charge in [0.25, 0.3) is 11.8 Å². The number of rotatable bonds is 2. The topological polar surface area (TPSA) is 40.6 Å². The first-order valence-electron chi connectivity index (χ1n) is 6.91. The molecule has 2 aromatic rings. The Morgan fingerprint density at radius 2 is 1.38 bits per heavy atom. The Balaban J connectivity index is 1.60. The summed E-state index contributed by atoms with van der Waals surface area (Å²) in [6, 6.07) is 11.1. The van der Waals surface area contributed by atoms with Crippen LogP contribution in [0, 0.1) is 0 Å². The number of piperazine rings is 1. The standard InChI is InChI=1S/C16H16N2O2S/c19-15(13-4-2-1-3-5-13)17-7-9-18(10-8-17)16(20)14-6-11-21-12-14/h1-6,11-12H,7-10H2. The molecule has 1 fully saturated rings. The van der Waals surface area contributed by atoms with Crippen LogP contribution < -0.4 is 0 Å². The van der Waals surface area contributed by atoms with Crippen LogP contribution in [0.1, 0.15) is 20.7 Å². The summed E-state index contributed by atoms with van der Waals surface area (Å²) < 4.78 is 0. The van der Waals surface area contributed by atoms with Gasteiger partial charge in [0.05, 0.1) is 5.56 Å². The highest BCUT2D eigenvalue weighted by molar-refractivity contribution is 7.08. The first-order valence-corrected chi connectivity index (χ1v) is 7.86. The van der Waals surface area contributed by atoms with Crippen molar-refractivity contribution < 1.29 is 9.59 Å². The first-order chi connectivity index (χ1) is 10.3. The maximum Gasteiger partial charge on any atom is 0.254 e. The Morgan fingerprint density at radius 1 is 0.810 bits per heavy atom. The van der Waals surface area contributed by atoms with Gasteiger partial charge in [0.2, 0.25) is 0 Å². The zero-order valence-corrected chi connectivity index (χ0v) is 12.4. The second-order valence-electron chi connectivity index (χ2n) is 4.96. The van der Waals surface area contributed by atoms with E-state index in [1.807, 2.05) is 57.0 Å². The normalized spacial score (nSPS) is 15.0. The van der Waals surface area contributed by atoms with Gasteiger partial charge >= 0.3 is 0 Å². The minimum Gasteiger partial charge on any atom is -0.335 e. The smallest absolute Gasteiger partial charge is 0.254 e. The molecule has 0 spiro atoms. The third kappa shape index (κ3) is 2.97. The molecule has 21 heavy (non-hydrogen) atoms. The lowest BCUT2D eigenvalue weighted by atomic mass is 10.1. The molecule has 1 aromatic carbocycles. The molecule has 0 unspecified atom stereocenters. The number of hydrogen-bond donors (Lipinski definition) is 0. The van der Waals surface area contributed by atoms with E-state index in [1.54, 1.807) is 0 Å². The largest absolute Gasteiger partial charge is 0.335 e. The van der Waals surface area contributed by atoms with Gasteiger partial charge < -0.3 is 9.80 Å². The summed E-state index contributed by atoms with van der Waals surface area (Å²) in [5.41, 5.74) is 1.44. The number of amides is 2. The predicted molar refractivity (Wildman–Crippen MR) is 82.6 cm³/mol. The van der Waals surface area contributed by atoms with E-state index in [0.717, 1.165) is 5.56 Å². The van der Waals surface area contributed by atoms with Crippen molar-refractivity contribution in [2.24, 2.45) is 0 Å². The SMILES string of the molecule is O=C(c1ccccc1)N1CCN(C(=O)c2ccsc2)CC1. The van der Waals surface area contributed by atoms with Gasteiger partial charge in [-0.15, -0.1) is 0 Å². The van der Waals surface area contributed by atoms with E-state index in [2.05, 4.69) is 0 Å². The molecular formula is C16H16N2O2S. The molecule has 1 aliphatic rings. The van der Waals surface area contributed by atoms with Crippen molar-refractivity contribution in [2.75, 3.05) is 26.2 Å². The summed E-state index contributed by atoms with van der Waals surface area (Å²) in [4.78, 5) is 28.2. The fraction of sp³-hybridized carbons (Fsp3) is 0.250. The number of hydrogen-bond acceptors (Lipinski definition) is 3. The fourth-order valence-electron chi connectivity index (χ4n) is 2.44. The minimum atomic E-state index is 0.0400. The van der Waals surface area contributed by atoms with Crippen LogP contribution >= 0.6 is 11.3 Å². The molecule has 4 nitrogen and oxygen atoms in total. The van der Waals surface area contributed by atoms with Crippen molar-refractivity contribution in [1.82, 2.24) is 9.80 Å². The van der Waals surface area contributed by atoms with Crippen LogP contribution in [0.4, 0.5) is 0 Å². The van der Waals surface area contributed by atoms with Gasteiger partial charge in [-0.1, -0.05) is 18.2 Å². The highest BCUT2D eigenvalue weighted by Crippen LogP contribution is 2.13. The Bertz CT molecular complexity index is 617. The van der Waals surface area contributed by atoms with Crippen LogP contribution in [0.25, 0.3) is 0 Å². The molecule has 3 rings (SSSR count). The van der Waals surface area contributed by atoms with Crippen molar-refractivity contribution in [1.29, 1.82) is 0 Å². The van der Waals surface area contributed by atoms with Crippen molar-refractivity contribution >= 4 is 23.2 Å². The Hall–Kier alpha value is -2.14. The quantitative estimate of drug-likeness (QED) is 0.854. The third-order valence-corrected chi connectivity index (χ3v) is 4.33. The third-order valence-electron chi connectivity index (χ3n) is 3.64. The molecule has 5 heteroatoms. The monoisotopic (exact) mass is 300 g/mol. The van der Waals surface area contributed by atoms with Gasteiger partial charge in [0, 0.05) is 37.1 Å². The average molecular weight is 300 g/mol. The summed E-state index contributed by atoms with van der Waals surface area (Å²) in [6.45, 7) is 2.35. The summed E-state index contributed by atoms with van der Waals surface area (Å²) >= 11 is 1.52. The van der Waals surface area contributed by atoms with Crippen LogP contribution in [-0.2, 0) is 0 Å². The summed E-state index contributed by atoms with van der Waals surface area (Å²) in [7, 11) is 0. The number of benzene rings is 1. The van der Waals surface area contributed by atoms with Crippen molar-refractivity contribution in [2.45, 2.75) is 0 Å². The van der Waals surface area contributed by atoms with E-state index in [-0.39, 0.29) is 11.8 Å². The van der Waals surface area contributed by atoms with Crippen LogP contribution in [0.3, 0.4) is 0 Å². The number of thiophene rings is 1. The van der Waals surface area contributed by atoms with Crippen molar-refractivity contribution in [3.8, 4) is 0 Å². The highest BCUT2D eigenvalue weighted by atomic mass is 32.1. The summed E-state index contributed by atoms with van der Waals surface area (Å²) in [5, 5.41) is 3.77. The number of carbonyl (C=O) groups is 2. The number of carbonyl (C=O) groups excluding carboxylic acids is 2. The van der Waals surface area contributed by atoms with E-state index in [0.29, 0.717) is 31.7 Å². The van der Waals surface area contributed by atoms with Crippen LogP contribution in [0.2, 0.25) is 0 Å². The van der Waals surface area contributed by atoms with Gasteiger partial charge in [0.1, 0.15) is 0 Å². The van der Waals surface area contributed by atoms with E-state index in [4.69, 9.17) is 0 Å². The average Bonchev–Trinajstić information content (AvgIpc) is 3.09. The molecular weight excluding hydrogens is 284 g/mol. The molecule has 1 saturated heterocycles. The zero-order chi connectivity index (χ0) is 14.7. The van der Waals surface area contributed by atoms with Crippen LogP contribution in [0.15, 0.2) is 47.2 Å². The molecule has 0 aliphatic carbocycles. The van der Waals surface area contributed by atoms with Crippen molar-refractivity contribution in [3.05, 3.63) is 58.3 Å². The lowest BCUT2D eigenvalue weighted by Crippen LogP contribution is -2.50. The highest BCUT2D eigenvalue weighted by Gasteiger charge is 2.25. The number of nitrogens with zero attached hydrogens (tertiary/aromatic N) is 2. The van der Waals surface area contributed by atoms with E-state index >= 15 is 0 Å². The lowest BCUT2D eigenvalue weighted by Gasteiger charge is -2.34. The van der Waals surface area contributed by atoms with Gasteiger partial charge in [-0.05, 0) is 23.6 Å².